The van der Waals surface area contributed by atoms with E-state index in [0.29, 0.717) is 18.4 Å². The van der Waals surface area contributed by atoms with Gasteiger partial charge in [-0.25, -0.2) is 4.79 Å². The van der Waals surface area contributed by atoms with Crippen molar-refractivity contribution < 1.29 is 58.5 Å². The lowest BCUT2D eigenvalue weighted by Crippen LogP contribution is -2.61. The number of carbonyl (C=O) groups excluding carboxylic acids is 8. The number of hydrogen-bond donors (Lipinski definition) is 11. The predicted molar refractivity (Wildman–Crippen MR) is 272 cm³/mol. The zero-order valence-electron chi connectivity index (χ0n) is 43.2. The first kappa shape index (κ1) is 57.8. The number of carboxylic acids is 1. The number of aromatic nitrogens is 1. The lowest BCUT2D eigenvalue weighted by molar-refractivity contribution is -0.144. The molecule has 12 N–H and O–H groups in total. The summed E-state index contributed by atoms with van der Waals surface area (Å²) in [6.45, 7) is 11.3. The van der Waals surface area contributed by atoms with Crippen LogP contribution in [0, 0.1) is 17.8 Å². The number of H-pyrrole nitrogens is 1. The Labute approximate surface area is 430 Å². The fraction of sp³-hybridized carbons (Fsp3) is 0.558. The van der Waals surface area contributed by atoms with Crippen molar-refractivity contribution in [2.75, 3.05) is 19.6 Å². The summed E-state index contributed by atoms with van der Waals surface area (Å²) < 4.78 is 0. The number of aromatic amines is 1. The van der Waals surface area contributed by atoms with Gasteiger partial charge in [0, 0.05) is 36.6 Å². The number of nitrogens with zero attached hydrogens (tertiary/aromatic N) is 2. The summed E-state index contributed by atoms with van der Waals surface area (Å²) in [5.41, 5.74) is 8.51. The number of fused-ring (bicyclic) bond motifs is 1. The first-order valence-corrected chi connectivity index (χ1v) is 25.4. The van der Waals surface area contributed by atoms with Crippen LogP contribution in [-0.4, -0.2) is 157 Å². The van der Waals surface area contributed by atoms with E-state index in [1.165, 1.54) is 28.9 Å². The summed E-state index contributed by atoms with van der Waals surface area (Å²) >= 11 is 0. The Bertz CT molecular complexity index is 2490. The number of rotatable bonds is 24. The summed E-state index contributed by atoms with van der Waals surface area (Å²) in [5, 5.41) is 46.2. The number of aliphatic hydroxyl groups excluding tert-OH is 1. The van der Waals surface area contributed by atoms with Gasteiger partial charge in [-0.2, -0.15) is 0 Å². The average molecular weight is 1030 g/mol. The van der Waals surface area contributed by atoms with Crippen molar-refractivity contribution >= 4 is 64.1 Å². The fourth-order valence-corrected chi connectivity index (χ4v) is 9.37. The van der Waals surface area contributed by atoms with Crippen molar-refractivity contribution in [3.05, 3.63) is 65.9 Å². The van der Waals surface area contributed by atoms with Crippen LogP contribution in [0.15, 0.2) is 54.7 Å². The molecule has 0 aliphatic carbocycles. The largest absolute Gasteiger partial charge is 0.508 e. The second kappa shape index (κ2) is 26.2. The summed E-state index contributed by atoms with van der Waals surface area (Å²) in [6, 6.07) is 4.29. The fourth-order valence-electron chi connectivity index (χ4n) is 9.37. The molecule has 1 aromatic heterocycles. The molecule has 74 heavy (non-hydrogen) atoms. The van der Waals surface area contributed by atoms with Crippen LogP contribution in [0.25, 0.3) is 10.9 Å². The highest BCUT2D eigenvalue weighted by molar-refractivity contribution is 5.98. The van der Waals surface area contributed by atoms with Crippen LogP contribution >= 0.6 is 0 Å². The number of likely N-dealkylation sites (tertiary alicyclic amines) is 2. The van der Waals surface area contributed by atoms with Gasteiger partial charge >= 0.3 is 5.97 Å². The minimum atomic E-state index is -1.56. The Morgan fingerprint density at radius 1 is 0.676 bits per heavy atom. The second-order valence-corrected chi connectivity index (χ2v) is 20.5. The van der Waals surface area contributed by atoms with Crippen LogP contribution in [0.2, 0.25) is 0 Å². The van der Waals surface area contributed by atoms with E-state index in [1.54, 1.807) is 46.0 Å². The highest BCUT2D eigenvalue weighted by Gasteiger charge is 2.41. The molecule has 2 aliphatic heterocycles. The molecule has 3 heterocycles. The number of phenols is 1. The third-order valence-electron chi connectivity index (χ3n) is 13.5. The maximum atomic E-state index is 14.7. The topological polar surface area (TPSA) is 335 Å². The van der Waals surface area contributed by atoms with Gasteiger partial charge in [-0.1, -0.05) is 71.9 Å². The number of aliphatic hydroxyl groups is 1. The van der Waals surface area contributed by atoms with Crippen LogP contribution in [0.3, 0.4) is 0 Å². The molecule has 9 atom stereocenters. The Kier molecular flexibility index (Phi) is 20.5. The monoisotopic (exact) mass is 1030 g/mol. The summed E-state index contributed by atoms with van der Waals surface area (Å²) in [6.07, 6.45) is 2.07. The minimum absolute atomic E-state index is 0.0281. The van der Waals surface area contributed by atoms with E-state index in [1.807, 2.05) is 38.1 Å². The molecule has 2 fully saturated rings. The third-order valence-corrected chi connectivity index (χ3v) is 13.5. The highest BCUT2D eigenvalue weighted by Crippen LogP contribution is 2.24. The van der Waals surface area contributed by atoms with Gasteiger partial charge in [-0.3, -0.25) is 38.4 Å². The van der Waals surface area contributed by atoms with Crippen molar-refractivity contribution in [1.29, 1.82) is 0 Å². The molecule has 22 heteroatoms. The van der Waals surface area contributed by atoms with Crippen LogP contribution in [0.1, 0.15) is 91.7 Å². The number of aliphatic carboxylic acids is 1. The lowest BCUT2D eigenvalue weighted by atomic mass is 9.99. The van der Waals surface area contributed by atoms with Crippen molar-refractivity contribution in [1.82, 2.24) is 46.7 Å². The molecule has 22 nitrogen and oxygen atoms in total. The van der Waals surface area contributed by atoms with E-state index in [9.17, 15) is 58.5 Å². The van der Waals surface area contributed by atoms with E-state index in [2.05, 4.69) is 36.9 Å². The Morgan fingerprint density at radius 2 is 1.26 bits per heavy atom. The maximum absolute atomic E-state index is 14.7. The first-order valence-electron chi connectivity index (χ1n) is 25.4. The van der Waals surface area contributed by atoms with E-state index in [-0.39, 0.29) is 56.9 Å². The quantitative estimate of drug-likeness (QED) is 0.0577. The number of hydrogen-bond acceptors (Lipinski definition) is 12. The van der Waals surface area contributed by atoms with Gasteiger partial charge in [0.25, 0.3) is 0 Å². The molecule has 0 radical (unpaired) electrons. The molecule has 0 saturated carbocycles. The normalized spacial score (nSPS) is 18.5. The number of para-hydroxylation sites is 1. The Morgan fingerprint density at radius 3 is 1.86 bits per heavy atom. The molecule has 0 bridgehead atoms. The van der Waals surface area contributed by atoms with Crippen LogP contribution in [0.5, 0.6) is 5.75 Å². The predicted octanol–water partition coefficient (Wildman–Crippen LogP) is 0.332. The molecular weight excluding hydrogens is 957 g/mol. The number of benzene rings is 2. The average Bonchev–Trinajstić information content (AvgIpc) is 4.14. The molecule has 5 rings (SSSR count). The van der Waals surface area contributed by atoms with Gasteiger partial charge in [0.05, 0.1) is 18.7 Å². The van der Waals surface area contributed by atoms with E-state index in [0.717, 1.165) is 16.5 Å². The standard InChI is InChI=1S/C52H74N10O12/c1-27(2)22-37(56-45(66)35(53)23-31-16-18-33(64)19-17-31)46(67)57-38(24-32-25-54-36-13-9-8-12-34(32)36)51(72)62-21-11-14-39(62)47(68)55-26-41(65)61-20-10-15-40(61)48(69)58-42(28(3)4)49(70)60-44(30(7)63)50(71)59-43(29(5)6)52(73)74/h8-9,12-13,16-19,25,27-30,35,37-40,42-44,54,63-64H,10-11,14-15,20-24,26,53H2,1-7H3,(H,55,68)(H,56,66)(H,57,67)(H,58,69)(H,59,71)(H,60,70)(H,73,74)/t30-,35+,37+,38+,39+,40+,42+,43+,44+/m1/s1. The number of nitrogens with one attached hydrogen (secondary N) is 7. The van der Waals surface area contributed by atoms with Crippen LogP contribution in [-0.2, 0) is 56.0 Å². The molecular formula is C52H74N10O12. The minimum Gasteiger partial charge on any atom is -0.508 e. The van der Waals surface area contributed by atoms with Crippen molar-refractivity contribution in [2.45, 2.75) is 148 Å². The van der Waals surface area contributed by atoms with E-state index >= 15 is 0 Å². The van der Waals surface area contributed by atoms with Crippen molar-refractivity contribution in [3.8, 4) is 5.75 Å². The van der Waals surface area contributed by atoms with Gasteiger partial charge in [0.1, 0.15) is 48.0 Å². The molecule has 2 aliphatic rings. The van der Waals surface area contributed by atoms with E-state index < -0.39 is 126 Å². The molecule has 3 aromatic rings. The second-order valence-electron chi connectivity index (χ2n) is 20.5. The summed E-state index contributed by atoms with van der Waals surface area (Å²) in [4.78, 5) is 128. The SMILES string of the molecule is CC(C)C[C@H](NC(=O)[C@@H](N)Cc1ccc(O)cc1)C(=O)N[C@@H](Cc1c[nH]c2ccccc12)C(=O)N1CCC[C@H]1C(=O)NCC(=O)N1CCC[C@H]1C(=O)N[C@H](C(=O)N[C@H](C(=O)N[C@H](C(=O)O)C(C)C)[C@@H](C)O)C(C)C. The first-order chi connectivity index (χ1) is 35.0. The summed E-state index contributed by atoms with van der Waals surface area (Å²) in [5.74, 6) is -7.73. The van der Waals surface area contributed by atoms with Gasteiger partial charge in [-0.15, -0.1) is 0 Å². The Balaban J connectivity index is 1.25. The third kappa shape index (κ3) is 15.2. The molecule has 0 unspecified atom stereocenters. The van der Waals surface area contributed by atoms with E-state index in [4.69, 9.17) is 5.73 Å². The molecule has 404 valence electrons. The van der Waals surface area contributed by atoms with Gasteiger partial charge in [-0.05, 0) is 92.5 Å². The summed E-state index contributed by atoms with van der Waals surface area (Å²) in [7, 11) is 0. The zero-order chi connectivity index (χ0) is 54.6. The zero-order valence-corrected chi connectivity index (χ0v) is 43.2. The number of amides is 8. The number of aromatic hydroxyl groups is 1. The van der Waals surface area contributed by atoms with Crippen LogP contribution in [0.4, 0.5) is 0 Å². The van der Waals surface area contributed by atoms with Crippen molar-refractivity contribution in [3.63, 3.8) is 0 Å². The van der Waals surface area contributed by atoms with Gasteiger partial charge in [0.2, 0.25) is 47.3 Å². The van der Waals surface area contributed by atoms with Crippen LogP contribution < -0.4 is 37.6 Å². The molecule has 8 amide bonds. The van der Waals surface area contributed by atoms with Gasteiger partial charge in [0.15, 0.2) is 0 Å². The molecule has 0 spiro atoms. The van der Waals surface area contributed by atoms with Crippen molar-refractivity contribution in [2.24, 2.45) is 23.5 Å². The molecule has 2 aromatic carbocycles. The molecule has 2 saturated heterocycles. The van der Waals surface area contributed by atoms with Gasteiger partial charge < -0.3 is 67.7 Å². The maximum Gasteiger partial charge on any atom is 0.326 e. The number of carbonyl (C=O) groups is 9. The smallest absolute Gasteiger partial charge is 0.326 e. The lowest BCUT2D eigenvalue weighted by Gasteiger charge is -2.31. The highest BCUT2D eigenvalue weighted by atomic mass is 16.4. The number of nitrogens with two attached hydrogens (primary N) is 1. The number of carboxylic acid groups (broad SMARTS) is 1. The Hall–Kier alpha value is -7.07. The number of phenolic OH excluding ortho intramolecular Hbond substituents is 1.